The van der Waals surface area contributed by atoms with Crippen LogP contribution in [0.3, 0.4) is 0 Å². The van der Waals surface area contributed by atoms with Gasteiger partial charge in [-0.15, -0.1) is 0 Å². The van der Waals surface area contributed by atoms with Gasteiger partial charge in [0.25, 0.3) is 0 Å². The van der Waals surface area contributed by atoms with Crippen molar-refractivity contribution in [3.8, 4) is 0 Å². The normalized spacial score (nSPS) is 52.2. The Morgan fingerprint density at radius 2 is 2.50 bits per heavy atom. The van der Waals surface area contributed by atoms with Crippen LogP contribution < -0.4 is 0 Å². The number of rotatable bonds is 1. The molecule has 2 aliphatic rings. The summed E-state index contributed by atoms with van der Waals surface area (Å²) in [6.45, 7) is 0.532. The van der Waals surface area contributed by atoms with Crippen LogP contribution in [0.5, 0.6) is 0 Å². The monoisotopic (exact) mass is 162 g/mol. The third kappa shape index (κ3) is 0.676. The van der Waals surface area contributed by atoms with Gasteiger partial charge < -0.3 is 14.9 Å². The average molecular weight is 162 g/mol. The molecule has 4 heteroatoms. The summed E-state index contributed by atoms with van der Waals surface area (Å²) >= 11 is 1.69. The second-order valence-corrected chi connectivity index (χ2v) is 4.06. The Hall–Kier alpha value is 0.230. The van der Waals surface area contributed by atoms with Crippen molar-refractivity contribution in [1.29, 1.82) is 0 Å². The van der Waals surface area contributed by atoms with E-state index in [0.29, 0.717) is 6.61 Å². The number of aliphatic hydroxyl groups excluding tert-OH is 2. The molecular weight excluding hydrogens is 152 g/mol. The van der Waals surface area contributed by atoms with Crippen molar-refractivity contribution < 1.29 is 14.9 Å². The predicted molar refractivity (Wildman–Crippen MR) is 38.0 cm³/mol. The molecule has 2 aliphatic heterocycles. The number of hydrogen-bond donors (Lipinski definition) is 2. The molecule has 2 saturated heterocycles. The summed E-state index contributed by atoms with van der Waals surface area (Å²) < 4.78 is 5.28. The van der Waals surface area contributed by atoms with Gasteiger partial charge in [0.2, 0.25) is 0 Å². The summed E-state index contributed by atoms with van der Waals surface area (Å²) in [5, 5.41) is 18.6. The molecule has 3 nitrogen and oxygen atoms in total. The third-order valence-electron chi connectivity index (χ3n) is 2.24. The van der Waals surface area contributed by atoms with Crippen molar-refractivity contribution in [2.45, 2.75) is 17.0 Å². The van der Waals surface area contributed by atoms with E-state index in [9.17, 15) is 5.11 Å². The lowest BCUT2D eigenvalue weighted by atomic mass is 10.0. The van der Waals surface area contributed by atoms with Gasteiger partial charge in [-0.3, -0.25) is 0 Å². The number of hydrogen-bond acceptors (Lipinski definition) is 4. The maximum atomic E-state index is 9.47. The van der Waals surface area contributed by atoms with E-state index in [-0.39, 0.29) is 11.9 Å². The van der Waals surface area contributed by atoms with Crippen molar-refractivity contribution in [3.05, 3.63) is 0 Å². The molecule has 0 aromatic rings. The molecule has 0 aliphatic carbocycles. The van der Waals surface area contributed by atoms with Crippen molar-refractivity contribution in [2.24, 2.45) is 0 Å². The van der Waals surface area contributed by atoms with Crippen molar-refractivity contribution in [3.63, 3.8) is 0 Å². The van der Waals surface area contributed by atoms with Gasteiger partial charge in [0.05, 0.1) is 18.5 Å². The van der Waals surface area contributed by atoms with Crippen LogP contribution in [0.4, 0.5) is 0 Å². The second kappa shape index (κ2) is 2.11. The van der Waals surface area contributed by atoms with Crippen LogP contribution in [0, 0.1) is 0 Å². The molecule has 58 valence electrons. The van der Waals surface area contributed by atoms with E-state index in [1.54, 1.807) is 11.8 Å². The van der Waals surface area contributed by atoms with E-state index in [4.69, 9.17) is 9.84 Å². The third-order valence-corrected chi connectivity index (χ3v) is 3.71. The standard InChI is InChI=1S/C6H10O3S/c7-2-6-3-10-4(1-9-6)5(6)8/h4-5,7-8H,1-3H2/t4?,5?,6-/m0/s1. The van der Waals surface area contributed by atoms with Crippen LogP contribution in [0.25, 0.3) is 0 Å². The van der Waals surface area contributed by atoms with Gasteiger partial charge >= 0.3 is 0 Å². The zero-order valence-electron chi connectivity index (χ0n) is 5.49. The molecule has 0 amide bonds. The van der Waals surface area contributed by atoms with E-state index >= 15 is 0 Å². The first-order chi connectivity index (χ1) is 4.78. The lowest BCUT2D eigenvalue weighted by molar-refractivity contribution is -0.0708. The molecule has 0 radical (unpaired) electrons. The number of ether oxygens (including phenoxy) is 1. The first kappa shape index (κ1) is 6.91. The quantitative estimate of drug-likeness (QED) is 0.531. The van der Waals surface area contributed by atoms with E-state index in [0.717, 1.165) is 5.75 Å². The van der Waals surface area contributed by atoms with E-state index in [1.165, 1.54) is 0 Å². The largest absolute Gasteiger partial charge is 0.393 e. The molecule has 2 heterocycles. The Labute approximate surface area is 63.4 Å². The molecule has 0 saturated carbocycles. The Kier molecular flexibility index (Phi) is 1.46. The fourth-order valence-corrected chi connectivity index (χ4v) is 2.90. The molecule has 2 N–H and O–H groups in total. The van der Waals surface area contributed by atoms with Gasteiger partial charge in [0.15, 0.2) is 0 Å². The molecule has 2 fully saturated rings. The summed E-state index contributed by atoms with van der Waals surface area (Å²) in [4.78, 5) is 0. The van der Waals surface area contributed by atoms with E-state index in [2.05, 4.69) is 0 Å². The van der Waals surface area contributed by atoms with Crippen LogP contribution in [-0.4, -0.2) is 46.1 Å². The Morgan fingerprint density at radius 1 is 1.70 bits per heavy atom. The smallest absolute Gasteiger partial charge is 0.127 e. The molecule has 10 heavy (non-hydrogen) atoms. The molecule has 0 spiro atoms. The highest BCUT2D eigenvalue weighted by Gasteiger charge is 2.54. The van der Waals surface area contributed by atoms with E-state index < -0.39 is 11.7 Å². The Morgan fingerprint density at radius 3 is 2.70 bits per heavy atom. The van der Waals surface area contributed by atoms with Gasteiger partial charge in [-0.05, 0) is 0 Å². The van der Waals surface area contributed by atoms with Crippen LogP contribution in [-0.2, 0) is 4.74 Å². The van der Waals surface area contributed by atoms with E-state index in [1.807, 2.05) is 0 Å². The summed E-state index contributed by atoms with van der Waals surface area (Å²) in [5.41, 5.74) is -0.616. The highest BCUT2D eigenvalue weighted by molar-refractivity contribution is 8.00. The zero-order chi connectivity index (χ0) is 7.19. The molecule has 0 aromatic carbocycles. The van der Waals surface area contributed by atoms with Crippen LogP contribution >= 0.6 is 11.8 Å². The fraction of sp³-hybridized carbons (Fsp3) is 1.00. The highest BCUT2D eigenvalue weighted by atomic mass is 32.2. The lowest BCUT2D eigenvalue weighted by Crippen LogP contribution is -2.43. The minimum absolute atomic E-state index is 0.0579. The zero-order valence-corrected chi connectivity index (χ0v) is 6.30. The molecule has 2 bridgehead atoms. The summed E-state index contributed by atoms with van der Waals surface area (Å²) in [6, 6.07) is 0. The van der Waals surface area contributed by atoms with Gasteiger partial charge in [0, 0.05) is 5.75 Å². The van der Waals surface area contributed by atoms with Crippen LogP contribution in [0.2, 0.25) is 0 Å². The molecule has 0 aromatic heterocycles. The van der Waals surface area contributed by atoms with Gasteiger partial charge in [-0.25, -0.2) is 0 Å². The van der Waals surface area contributed by atoms with Gasteiger partial charge in [-0.2, -0.15) is 11.8 Å². The first-order valence-corrected chi connectivity index (χ1v) is 4.38. The summed E-state index contributed by atoms with van der Waals surface area (Å²) in [5.74, 6) is 0.731. The molecule has 2 rings (SSSR count). The van der Waals surface area contributed by atoms with Crippen LogP contribution in [0.1, 0.15) is 0 Å². The Balaban J connectivity index is 2.22. The maximum Gasteiger partial charge on any atom is 0.127 e. The SMILES string of the molecule is OC[C@@]12CSC(CO1)C2O. The highest BCUT2D eigenvalue weighted by Crippen LogP contribution is 2.43. The summed E-state index contributed by atoms with van der Waals surface area (Å²) in [6.07, 6.45) is -0.456. The van der Waals surface area contributed by atoms with Crippen molar-refractivity contribution in [1.82, 2.24) is 0 Å². The van der Waals surface area contributed by atoms with Gasteiger partial charge in [-0.1, -0.05) is 0 Å². The predicted octanol–water partition coefficient (Wildman–Crippen LogP) is -0.776. The topological polar surface area (TPSA) is 49.7 Å². The molecule has 3 atom stereocenters. The number of thioether (sulfide) groups is 1. The maximum absolute atomic E-state index is 9.47. The average Bonchev–Trinajstić information content (AvgIpc) is 2.46. The molecular formula is C6H10O3S. The molecule has 2 unspecified atom stereocenters. The van der Waals surface area contributed by atoms with Crippen LogP contribution in [0.15, 0.2) is 0 Å². The minimum Gasteiger partial charge on any atom is -0.393 e. The number of fused-ring (bicyclic) bond motifs is 2. The van der Waals surface area contributed by atoms with Gasteiger partial charge in [0.1, 0.15) is 11.7 Å². The van der Waals surface area contributed by atoms with Crippen molar-refractivity contribution in [2.75, 3.05) is 19.0 Å². The fourth-order valence-electron chi connectivity index (χ4n) is 1.46. The lowest BCUT2D eigenvalue weighted by Gasteiger charge is -2.24. The number of aliphatic hydroxyl groups is 2. The second-order valence-electron chi connectivity index (χ2n) is 2.83. The Bertz CT molecular complexity index is 142. The van der Waals surface area contributed by atoms with Crippen molar-refractivity contribution >= 4 is 11.8 Å². The first-order valence-electron chi connectivity index (χ1n) is 3.33. The summed E-state index contributed by atoms with van der Waals surface area (Å²) in [7, 11) is 0. The minimum atomic E-state index is -0.616.